The molecule has 1 heterocycles. The Bertz CT molecular complexity index is 573. The second-order valence-electron chi connectivity index (χ2n) is 4.25. The molecule has 1 atom stereocenters. The predicted molar refractivity (Wildman–Crippen MR) is 70.8 cm³/mol. The maximum absolute atomic E-state index is 11.9. The molecule has 1 aromatic carbocycles. The van der Waals surface area contributed by atoms with E-state index in [0.29, 0.717) is 4.47 Å². The van der Waals surface area contributed by atoms with Crippen molar-refractivity contribution < 1.29 is 19.5 Å². The van der Waals surface area contributed by atoms with Crippen LogP contribution < -0.4 is 10.6 Å². The monoisotopic (exact) mass is 326 g/mol. The van der Waals surface area contributed by atoms with E-state index in [9.17, 15) is 14.4 Å². The topological polar surface area (TPSA) is 101 Å². The summed E-state index contributed by atoms with van der Waals surface area (Å²) in [5.41, 5.74) is 5.46. The lowest BCUT2D eigenvalue weighted by Crippen LogP contribution is -2.29. The zero-order valence-electron chi connectivity index (χ0n) is 9.80. The molecule has 1 fully saturated rings. The number of amides is 2. The number of halogens is 1. The first-order chi connectivity index (χ1) is 8.91. The third-order valence-electron chi connectivity index (χ3n) is 3.01. The summed E-state index contributed by atoms with van der Waals surface area (Å²) in [5.74, 6) is -2.58. The Labute approximate surface area is 117 Å². The Balaban J connectivity index is 2.45. The number of carbonyl (C=O) groups is 3. The van der Waals surface area contributed by atoms with Crippen molar-refractivity contribution in [2.45, 2.75) is 6.42 Å². The smallest absolute Gasteiger partial charge is 0.337 e. The number of aromatic carboxylic acids is 1. The summed E-state index contributed by atoms with van der Waals surface area (Å²) in [6.45, 7) is 0.108. The van der Waals surface area contributed by atoms with E-state index in [1.807, 2.05) is 0 Å². The second kappa shape index (κ2) is 5.00. The lowest BCUT2D eigenvalue weighted by Gasteiger charge is -2.20. The van der Waals surface area contributed by atoms with Crippen molar-refractivity contribution in [1.29, 1.82) is 0 Å². The zero-order valence-corrected chi connectivity index (χ0v) is 11.4. The molecule has 0 bridgehead atoms. The molecule has 0 saturated carbocycles. The molecule has 3 N–H and O–H groups in total. The van der Waals surface area contributed by atoms with Crippen molar-refractivity contribution in [2.24, 2.45) is 11.7 Å². The highest BCUT2D eigenvalue weighted by Gasteiger charge is 2.36. The number of anilines is 1. The number of primary amides is 1. The molecule has 0 aliphatic carbocycles. The van der Waals surface area contributed by atoms with Crippen LogP contribution >= 0.6 is 15.9 Å². The minimum Gasteiger partial charge on any atom is -0.478 e. The van der Waals surface area contributed by atoms with E-state index in [4.69, 9.17) is 10.8 Å². The fourth-order valence-corrected chi connectivity index (χ4v) is 2.66. The van der Waals surface area contributed by atoms with Crippen LogP contribution in [-0.2, 0) is 9.59 Å². The maximum Gasteiger partial charge on any atom is 0.337 e. The number of carboxylic acid groups (broad SMARTS) is 1. The maximum atomic E-state index is 11.9. The summed E-state index contributed by atoms with van der Waals surface area (Å²) in [6.07, 6.45) is 0.00965. The number of benzene rings is 1. The Hall–Kier alpha value is -1.89. The summed E-state index contributed by atoms with van der Waals surface area (Å²) < 4.78 is 0.492. The summed E-state index contributed by atoms with van der Waals surface area (Å²) in [7, 11) is 0. The van der Waals surface area contributed by atoms with Crippen molar-refractivity contribution in [2.75, 3.05) is 11.4 Å². The Kier molecular flexibility index (Phi) is 3.57. The quantitative estimate of drug-likeness (QED) is 0.864. The molecule has 1 aromatic rings. The van der Waals surface area contributed by atoms with E-state index >= 15 is 0 Å². The van der Waals surface area contributed by atoms with Gasteiger partial charge in [0.1, 0.15) is 0 Å². The van der Waals surface area contributed by atoms with Gasteiger partial charge >= 0.3 is 5.97 Å². The second-order valence-corrected chi connectivity index (χ2v) is 5.10. The summed E-state index contributed by atoms with van der Waals surface area (Å²) in [5, 5.41) is 9.16. The number of rotatable bonds is 3. The van der Waals surface area contributed by atoms with Crippen LogP contribution in [0.2, 0.25) is 0 Å². The molecule has 0 radical (unpaired) electrons. The van der Waals surface area contributed by atoms with Gasteiger partial charge in [-0.2, -0.15) is 0 Å². The SMILES string of the molecule is NC(=O)C1CC(=O)N(c2c(Br)cccc2C(=O)O)C1. The van der Waals surface area contributed by atoms with Gasteiger partial charge in [0.05, 0.1) is 17.2 Å². The van der Waals surface area contributed by atoms with Gasteiger partial charge in [-0.15, -0.1) is 0 Å². The van der Waals surface area contributed by atoms with Gasteiger partial charge in [0.15, 0.2) is 0 Å². The number of carboxylic acids is 1. The van der Waals surface area contributed by atoms with E-state index in [2.05, 4.69) is 15.9 Å². The number of hydrogen-bond acceptors (Lipinski definition) is 3. The zero-order chi connectivity index (χ0) is 14.2. The van der Waals surface area contributed by atoms with Crippen LogP contribution in [0.25, 0.3) is 0 Å². The first-order valence-corrected chi connectivity index (χ1v) is 6.32. The summed E-state index contributed by atoms with van der Waals surface area (Å²) in [6, 6.07) is 4.63. The van der Waals surface area contributed by atoms with Crippen molar-refractivity contribution in [3.63, 3.8) is 0 Å². The van der Waals surface area contributed by atoms with Crippen molar-refractivity contribution >= 4 is 39.4 Å². The van der Waals surface area contributed by atoms with Gasteiger partial charge in [-0.05, 0) is 28.1 Å². The molecule has 100 valence electrons. The van der Waals surface area contributed by atoms with Crippen molar-refractivity contribution in [3.8, 4) is 0 Å². The Morgan fingerprint density at radius 1 is 1.42 bits per heavy atom. The molecule has 6 nitrogen and oxygen atoms in total. The van der Waals surface area contributed by atoms with Gasteiger partial charge in [0.2, 0.25) is 11.8 Å². The van der Waals surface area contributed by atoms with Crippen LogP contribution in [-0.4, -0.2) is 29.4 Å². The molecule has 1 aliphatic heterocycles. The summed E-state index contributed by atoms with van der Waals surface area (Å²) in [4.78, 5) is 35.6. The third kappa shape index (κ3) is 2.46. The van der Waals surface area contributed by atoms with Crippen LogP contribution in [0.15, 0.2) is 22.7 Å². The van der Waals surface area contributed by atoms with Gasteiger partial charge in [0, 0.05) is 17.4 Å². The molecule has 0 spiro atoms. The highest BCUT2D eigenvalue weighted by atomic mass is 79.9. The average molecular weight is 327 g/mol. The summed E-state index contributed by atoms with van der Waals surface area (Å²) >= 11 is 3.24. The standard InChI is InChI=1S/C12H11BrN2O4/c13-8-3-1-2-7(12(18)19)10(8)15-5-6(11(14)17)4-9(15)16/h1-3,6H,4-5H2,(H2,14,17)(H,18,19). The normalized spacial score (nSPS) is 18.7. The van der Waals surface area contributed by atoms with E-state index in [0.717, 1.165) is 0 Å². The Morgan fingerprint density at radius 2 is 2.11 bits per heavy atom. The average Bonchev–Trinajstić information content (AvgIpc) is 2.71. The molecule has 19 heavy (non-hydrogen) atoms. The molecular formula is C12H11BrN2O4. The first kappa shape index (κ1) is 13.5. The molecule has 2 rings (SSSR count). The van der Waals surface area contributed by atoms with Crippen molar-refractivity contribution in [3.05, 3.63) is 28.2 Å². The molecule has 2 amide bonds. The molecule has 1 unspecified atom stereocenters. The molecular weight excluding hydrogens is 316 g/mol. The number of nitrogens with zero attached hydrogens (tertiary/aromatic N) is 1. The lowest BCUT2D eigenvalue weighted by atomic mass is 10.1. The van der Waals surface area contributed by atoms with Crippen LogP contribution in [0.4, 0.5) is 5.69 Å². The van der Waals surface area contributed by atoms with Gasteiger partial charge < -0.3 is 15.7 Å². The highest BCUT2D eigenvalue weighted by molar-refractivity contribution is 9.10. The lowest BCUT2D eigenvalue weighted by molar-refractivity contribution is -0.123. The number of carbonyl (C=O) groups excluding carboxylic acids is 2. The highest BCUT2D eigenvalue weighted by Crippen LogP contribution is 2.34. The van der Waals surface area contributed by atoms with Crippen LogP contribution in [0.5, 0.6) is 0 Å². The fourth-order valence-electron chi connectivity index (χ4n) is 2.08. The Morgan fingerprint density at radius 3 is 2.63 bits per heavy atom. The van der Waals surface area contributed by atoms with Crippen LogP contribution in [0, 0.1) is 5.92 Å². The molecule has 1 aliphatic rings. The predicted octanol–water partition coefficient (Wildman–Crippen LogP) is 0.985. The first-order valence-electron chi connectivity index (χ1n) is 5.53. The van der Waals surface area contributed by atoms with E-state index in [1.165, 1.54) is 11.0 Å². The largest absolute Gasteiger partial charge is 0.478 e. The van der Waals surface area contributed by atoms with E-state index < -0.39 is 17.8 Å². The van der Waals surface area contributed by atoms with Crippen LogP contribution in [0.1, 0.15) is 16.8 Å². The van der Waals surface area contributed by atoms with Gasteiger partial charge in [0.25, 0.3) is 0 Å². The van der Waals surface area contributed by atoms with Gasteiger partial charge in [-0.1, -0.05) is 6.07 Å². The van der Waals surface area contributed by atoms with Gasteiger partial charge in [-0.25, -0.2) is 4.79 Å². The minimum absolute atomic E-state index is 0.00726. The molecule has 7 heteroatoms. The number of hydrogen-bond donors (Lipinski definition) is 2. The van der Waals surface area contributed by atoms with Crippen molar-refractivity contribution in [1.82, 2.24) is 0 Å². The minimum atomic E-state index is -1.13. The molecule has 1 saturated heterocycles. The third-order valence-corrected chi connectivity index (χ3v) is 3.65. The van der Waals surface area contributed by atoms with Gasteiger partial charge in [-0.3, -0.25) is 9.59 Å². The number of nitrogens with two attached hydrogens (primary N) is 1. The molecule has 0 aromatic heterocycles. The van der Waals surface area contributed by atoms with E-state index in [-0.39, 0.29) is 30.1 Å². The number of para-hydroxylation sites is 1. The fraction of sp³-hybridized carbons (Fsp3) is 0.250. The van der Waals surface area contributed by atoms with E-state index in [1.54, 1.807) is 12.1 Å². The van der Waals surface area contributed by atoms with Crippen LogP contribution in [0.3, 0.4) is 0 Å².